The van der Waals surface area contributed by atoms with Gasteiger partial charge in [0.2, 0.25) is 5.28 Å². The number of aromatic nitrogens is 4. The Kier molecular flexibility index (Phi) is 4.45. The van der Waals surface area contributed by atoms with E-state index < -0.39 is 24.2 Å². The zero-order chi connectivity index (χ0) is 19.5. The van der Waals surface area contributed by atoms with Gasteiger partial charge in [-0.1, -0.05) is 0 Å². The molecule has 3 saturated heterocycles. The molecule has 0 saturated carbocycles. The maximum Gasteiger partial charge on any atom is 0.226 e. The molecule has 2 unspecified atom stereocenters. The molecule has 0 radical (unpaired) electrons. The lowest BCUT2D eigenvalue weighted by Crippen LogP contribution is -2.31. The van der Waals surface area contributed by atoms with Crippen LogP contribution in [-0.4, -0.2) is 74.6 Å². The molecule has 0 aromatic carbocycles. The van der Waals surface area contributed by atoms with Gasteiger partial charge in [0.15, 0.2) is 29.0 Å². The fourth-order valence-electron chi connectivity index (χ4n) is 4.05. The van der Waals surface area contributed by atoms with Crippen molar-refractivity contribution in [3.8, 4) is 0 Å². The summed E-state index contributed by atoms with van der Waals surface area (Å²) in [5.74, 6) is -0.204. The molecule has 0 bridgehead atoms. The van der Waals surface area contributed by atoms with Gasteiger partial charge in [-0.3, -0.25) is 4.57 Å². The smallest absolute Gasteiger partial charge is 0.226 e. The molecule has 152 valence electrons. The molecule has 0 aliphatic carbocycles. The highest BCUT2D eigenvalue weighted by molar-refractivity contribution is 6.28. The third kappa shape index (κ3) is 3.04. The van der Waals surface area contributed by atoms with Crippen LogP contribution in [0, 0.1) is 0 Å². The summed E-state index contributed by atoms with van der Waals surface area (Å²) in [5.41, 5.74) is 1.11. The van der Waals surface area contributed by atoms with Gasteiger partial charge >= 0.3 is 0 Å². The third-order valence-corrected chi connectivity index (χ3v) is 5.41. The molecule has 3 aliphatic heterocycles. The maximum absolute atomic E-state index is 9.71. The first-order chi connectivity index (χ1) is 13.4. The van der Waals surface area contributed by atoms with Crippen LogP contribution in [0.5, 0.6) is 0 Å². The number of hydrogen-bond acceptors (Lipinski definition) is 9. The van der Waals surface area contributed by atoms with Crippen molar-refractivity contribution in [3.63, 3.8) is 0 Å². The van der Waals surface area contributed by atoms with E-state index in [1.54, 1.807) is 10.9 Å². The molecule has 0 spiro atoms. The fraction of sp³-hybridized carbons (Fsp3) is 0.706. The molecular weight excluding hydrogens is 390 g/mol. The van der Waals surface area contributed by atoms with Crippen LogP contribution in [0.15, 0.2) is 6.33 Å². The predicted molar refractivity (Wildman–Crippen MR) is 98.0 cm³/mol. The van der Waals surface area contributed by atoms with Gasteiger partial charge in [0.05, 0.1) is 25.6 Å². The van der Waals surface area contributed by atoms with Crippen molar-refractivity contribution in [2.45, 2.75) is 56.6 Å². The molecule has 2 aromatic rings. The average Bonchev–Trinajstić information content (AvgIpc) is 3.38. The quantitative estimate of drug-likeness (QED) is 0.713. The van der Waals surface area contributed by atoms with E-state index in [1.807, 2.05) is 13.8 Å². The second-order valence-corrected chi connectivity index (χ2v) is 8.02. The Morgan fingerprint density at radius 2 is 2.14 bits per heavy atom. The molecule has 0 amide bonds. The minimum atomic E-state index is -0.761. The number of aliphatic hydroxyl groups is 1. The highest BCUT2D eigenvalue weighted by Gasteiger charge is 2.56. The second kappa shape index (κ2) is 6.75. The minimum Gasteiger partial charge on any atom is -0.394 e. The molecule has 5 rings (SSSR count). The number of fused-ring (bicyclic) bond motifs is 2. The topological polar surface area (TPSA) is 113 Å². The van der Waals surface area contributed by atoms with Crippen LogP contribution in [0.1, 0.15) is 26.5 Å². The normalized spacial score (nSPS) is 34.2. The first-order valence-electron chi connectivity index (χ1n) is 9.31. The molecule has 2 N–H and O–H groups in total. The summed E-state index contributed by atoms with van der Waals surface area (Å²) in [5, 5.41) is 13.1. The van der Waals surface area contributed by atoms with Crippen LogP contribution in [-0.2, 0) is 18.9 Å². The number of halogens is 1. The number of rotatable bonds is 4. The van der Waals surface area contributed by atoms with E-state index in [1.165, 1.54) is 0 Å². The van der Waals surface area contributed by atoms with E-state index in [4.69, 9.17) is 30.5 Å². The Bertz CT molecular complexity index is 886. The summed E-state index contributed by atoms with van der Waals surface area (Å²) in [4.78, 5) is 13.1. The monoisotopic (exact) mass is 411 g/mol. The summed E-state index contributed by atoms with van der Waals surface area (Å²) in [6.45, 7) is 4.83. The van der Waals surface area contributed by atoms with Crippen molar-refractivity contribution in [3.05, 3.63) is 11.6 Å². The molecule has 5 atom stereocenters. The summed E-state index contributed by atoms with van der Waals surface area (Å²) < 4.78 is 25.2. The predicted octanol–water partition coefficient (Wildman–Crippen LogP) is 1.09. The summed E-state index contributed by atoms with van der Waals surface area (Å²) >= 11 is 6.19. The third-order valence-electron chi connectivity index (χ3n) is 5.24. The van der Waals surface area contributed by atoms with Gasteiger partial charge in [-0.2, -0.15) is 9.97 Å². The zero-order valence-electron chi connectivity index (χ0n) is 15.5. The van der Waals surface area contributed by atoms with E-state index in [0.717, 1.165) is 6.42 Å². The highest BCUT2D eigenvalue weighted by Crippen LogP contribution is 2.43. The Hall–Kier alpha value is -1.56. The van der Waals surface area contributed by atoms with Gasteiger partial charge in [0.25, 0.3) is 0 Å². The fourth-order valence-corrected chi connectivity index (χ4v) is 4.21. The van der Waals surface area contributed by atoms with Crippen molar-refractivity contribution in [1.82, 2.24) is 19.5 Å². The molecule has 5 heterocycles. The lowest BCUT2D eigenvalue weighted by Gasteiger charge is -2.24. The van der Waals surface area contributed by atoms with Crippen LogP contribution in [0.3, 0.4) is 0 Å². The zero-order valence-corrected chi connectivity index (χ0v) is 16.3. The van der Waals surface area contributed by atoms with Crippen molar-refractivity contribution in [2.24, 2.45) is 0 Å². The Morgan fingerprint density at radius 1 is 1.32 bits per heavy atom. The summed E-state index contributed by atoms with van der Waals surface area (Å²) in [6, 6.07) is 0.151. The molecule has 3 aliphatic rings. The van der Waals surface area contributed by atoms with Crippen molar-refractivity contribution in [2.75, 3.05) is 25.1 Å². The number of imidazole rings is 1. The molecule has 11 heteroatoms. The Labute approximate surface area is 166 Å². The van der Waals surface area contributed by atoms with E-state index in [0.29, 0.717) is 30.2 Å². The largest absolute Gasteiger partial charge is 0.394 e. The highest BCUT2D eigenvalue weighted by atomic mass is 35.5. The second-order valence-electron chi connectivity index (χ2n) is 7.68. The Morgan fingerprint density at radius 3 is 2.89 bits per heavy atom. The molecule has 10 nitrogen and oxygen atoms in total. The van der Waals surface area contributed by atoms with Crippen LogP contribution in [0.25, 0.3) is 11.2 Å². The minimum absolute atomic E-state index is 0.104. The number of ether oxygens (including phenoxy) is 4. The van der Waals surface area contributed by atoms with Crippen molar-refractivity contribution < 1.29 is 24.1 Å². The van der Waals surface area contributed by atoms with Gasteiger partial charge < -0.3 is 29.4 Å². The maximum atomic E-state index is 9.71. The van der Waals surface area contributed by atoms with E-state index >= 15 is 0 Å². The number of nitrogens with one attached hydrogen (secondary N) is 1. The van der Waals surface area contributed by atoms with Crippen LogP contribution < -0.4 is 5.32 Å². The Balaban J connectivity index is 1.52. The lowest BCUT2D eigenvalue weighted by atomic mass is 10.1. The molecular formula is C17H22ClN5O5. The van der Waals surface area contributed by atoms with E-state index in [2.05, 4.69) is 20.3 Å². The van der Waals surface area contributed by atoms with Gasteiger partial charge in [-0.25, -0.2) is 4.98 Å². The number of aliphatic hydroxyl groups excluding tert-OH is 1. The van der Waals surface area contributed by atoms with Gasteiger partial charge in [0, 0.05) is 6.61 Å². The van der Waals surface area contributed by atoms with Crippen LogP contribution in [0.4, 0.5) is 5.82 Å². The SMILES string of the molecule is CC1(C)O[C@@H]2C(CO)OC(n3cnc4c(N[C@@H]5CCOC5)nc(Cl)nc43)[C@@H]2O1. The first-order valence-corrected chi connectivity index (χ1v) is 9.69. The molecule has 28 heavy (non-hydrogen) atoms. The van der Waals surface area contributed by atoms with Crippen molar-refractivity contribution in [1.29, 1.82) is 0 Å². The number of hydrogen-bond donors (Lipinski definition) is 2. The van der Waals surface area contributed by atoms with Crippen LogP contribution >= 0.6 is 11.6 Å². The molecule has 2 aromatic heterocycles. The molecule has 3 fully saturated rings. The van der Waals surface area contributed by atoms with E-state index in [-0.39, 0.29) is 24.0 Å². The van der Waals surface area contributed by atoms with Gasteiger partial charge in [0.1, 0.15) is 18.3 Å². The van der Waals surface area contributed by atoms with E-state index in [9.17, 15) is 5.11 Å². The number of anilines is 1. The summed E-state index contributed by atoms with van der Waals surface area (Å²) in [7, 11) is 0. The van der Waals surface area contributed by atoms with Gasteiger partial charge in [-0.15, -0.1) is 0 Å². The average molecular weight is 412 g/mol. The lowest BCUT2D eigenvalue weighted by molar-refractivity contribution is -0.199. The standard InChI is InChI=1S/C17H22ClN5O5/c1-17(2)27-11-9(5-24)26-15(12(11)28-17)23-7-19-10-13(20-8-3-4-25-6-8)21-16(18)22-14(10)23/h7-9,11-12,15,24H,3-6H2,1-2H3,(H,20,21,22)/t8-,9?,11-,12-,15?/m1/s1. The summed E-state index contributed by atoms with van der Waals surface area (Å²) in [6.07, 6.45) is 0.674. The van der Waals surface area contributed by atoms with Crippen molar-refractivity contribution >= 4 is 28.6 Å². The van der Waals surface area contributed by atoms with Gasteiger partial charge in [-0.05, 0) is 31.9 Å². The first kappa shape index (κ1) is 18.5. The number of nitrogens with zero attached hydrogens (tertiary/aromatic N) is 4. The van der Waals surface area contributed by atoms with Crippen LogP contribution in [0.2, 0.25) is 5.28 Å².